The first kappa shape index (κ1) is 14.7. The van der Waals surface area contributed by atoms with Crippen LogP contribution in [0, 0.1) is 11.6 Å². The van der Waals surface area contributed by atoms with Crippen molar-refractivity contribution in [3.8, 4) is 0 Å². The Balaban J connectivity index is 2.00. The van der Waals surface area contributed by atoms with Crippen molar-refractivity contribution in [2.45, 2.75) is 39.4 Å². The quantitative estimate of drug-likeness (QED) is 0.932. The zero-order valence-corrected chi connectivity index (χ0v) is 12.0. The van der Waals surface area contributed by atoms with Gasteiger partial charge in [-0.1, -0.05) is 6.07 Å². The number of hydrogen-bond acceptors (Lipinski definition) is 2. The average Bonchev–Trinajstić information content (AvgIpc) is 2.78. The molecule has 1 aromatic carbocycles. The van der Waals surface area contributed by atoms with Crippen molar-refractivity contribution < 1.29 is 8.78 Å². The van der Waals surface area contributed by atoms with Crippen LogP contribution in [0.1, 0.15) is 32.0 Å². The lowest BCUT2D eigenvalue weighted by Gasteiger charge is -2.19. The van der Waals surface area contributed by atoms with E-state index in [9.17, 15) is 8.78 Å². The number of rotatable bonds is 4. The van der Waals surface area contributed by atoms with Crippen LogP contribution in [-0.4, -0.2) is 15.3 Å². The minimum Gasteiger partial charge on any atom is -0.306 e. The van der Waals surface area contributed by atoms with Crippen LogP contribution in [0.15, 0.2) is 30.5 Å². The van der Waals surface area contributed by atoms with Crippen LogP contribution in [0.4, 0.5) is 8.78 Å². The highest BCUT2D eigenvalue weighted by molar-refractivity contribution is 5.18. The monoisotopic (exact) mass is 279 g/mol. The summed E-state index contributed by atoms with van der Waals surface area (Å²) in [5.74, 6) is -1.66. The topological polar surface area (TPSA) is 29.9 Å². The molecule has 0 amide bonds. The number of hydrogen-bond donors (Lipinski definition) is 1. The number of nitrogens with one attached hydrogen (secondary N) is 1. The fraction of sp³-hybridized carbons (Fsp3) is 0.400. The van der Waals surface area contributed by atoms with Crippen molar-refractivity contribution in [2.75, 3.05) is 0 Å². The number of nitrogens with zero attached hydrogens (tertiary/aromatic N) is 2. The molecular weight excluding hydrogens is 260 g/mol. The second-order valence-corrected chi connectivity index (χ2v) is 5.86. The molecule has 0 atom stereocenters. The largest absolute Gasteiger partial charge is 0.306 e. The molecule has 0 bridgehead atoms. The summed E-state index contributed by atoms with van der Waals surface area (Å²) in [6, 6.07) is 5.81. The van der Waals surface area contributed by atoms with Crippen LogP contribution in [0.2, 0.25) is 0 Å². The van der Waals surface area contributed by atoms with Gasteiger partial charge in [-0.15, -0.1) is 0 Å². The van der Waals surface area contributed by atoms with Crippen LogP contribution >= 0.6 is 0 Å². The number of benzene rings is 1. The molecule has 1 N–H and O–H groups in total. The van der Waals surface area contributed by atoms with Gasteiger partial charge in [0.1, 0.15) is 0 Å². The molecule has 108 valence electrons. The molecule has 0 aliphatic rings. The lowest BCUT2D eigenvalue weighted by molar-refractivity contribution is 0.419. The minimum absolute atomic E-state index is 0.0316. The Labute approximate surface area is 117 Å². The first-order valence-corrected chi connectivity index (χ1v) is 6.55. The maximum Gasteiger partial charge on any atom is 0.159 e. The smallest absolute Gasteiger partial charge is 0.159 e. The Morgan fingerprint density at radius 3 is 2.55 bits per heavy atom. The summed E-state index contributed by atoms with van der Waals surface area (Å²) in [6.07, 6.45) is 1.83. The standard InChI is InChI=1S/C15H19F2N3/c1-15(2,3)18-9-12-6-7-20(19-12)10-11-4-5-13(16)14(17)8-11/h4-8,18H,9-10H2,1-3H3. The molecule has 2 aromatic rings. The zero-order chi connectivity index (χ0) is 14.8. The van der Waals surface area contributed by atoms with E-state index in [0.717, 1.165) is 11.8 Å². The summed E-state index contributed by atoms with van der Waals surface area (Å²) >= 11 is 0. The molecular formula is C15H19F2N3. The molecule has 0 aliphatic carbocycles. The van der Waals surface area contributed by atoms with Crippen molar-refractivity contribution in [1.29, 1.82) is 0 Å². The van der Waals surface area contributed by atoms with E-state index < -0.39 is 11.6 Å². The van der Waals surface area contributed by atoms with Gasteiger partial charge in [-0.2, -0.15) is 5.10 Å². The molecule has 5 heteroatoms. The highest BCUT2D eigenvalue weighted by Crippen LogP contribution is 2.10. The van der Waals surface area contributed by atoms with E-state index in [2.05, 4.69) is 31.2 Å². The van der Waals surface area contributed by atoms with Crippen LogP contribution < -0.4 is 5.32 Å². The second kappa shape index (κ2) is 5.71. The predicted molar refractivity (Wildman–Crippen MR) is 74.3 cm³/mol. The predicted octanol–water partition coefficient (Wildman–Crippen LogP) is 3.10. The molecule has 2 rings (SSSR count). The Kier molecular flexibility index (Phi) is 4.18. The molecule has 1 aromatic heterocycles. The van der Waals surface area contributed by atoms with Gasteiger partial charge in [0.15, 0.2) is 11.6 Å². The lowest BCUT2D eigenvalue weighted by Crippen LogP contribution is -2.35. The summed E-state index contributed by atoms with van der Waals surface area (Å²) in [7, 11) is 0. The molecule has 0 radical (unpaired) electrons. The molecule has 3 nitrogen and oxygen atoms in total. The number of aromatic nitrogens is 2. The molecule has 0 aliphatic heterocycles. The normalized spacial score (nSPS) is 11.8. The Hall–Kier alpha value is -1.75. The van der Waals surface area contributed by atoms with Crippen molar-refractivity contribution >= 4 is 0 Å². The average molecular weight is 279 g/mol. The van der Waals surface area contributed by atoms with E-state index in [1.807, 2.05) is 12.3 Å². The van der Waals surface area contributed by atoms with E-state index in [0.29, 0.717) is 18.7 Å². The summed E-state index contributed by atoms with van der Waals surface area (Å²) in [5.41, 5.74) is 1.63. The van der Waals surface area contributed by atoms with Crippen LogP contribution in [-0.2, 0) is 13.1 Å². The lowest BCUT2D eigenvalue weighted by atomic mass is 10.1. The third kappa shape index (κ3) is 4.13. The molecule has 0 saturated heterocycles. The van der Waals surface area contributed by atoms with Gasteiger partial charge < -0.3 is 5.32 Å². The maximum atomic E-state index is 13.1. The van der Waals surface area contributed by atoms with Gasteiger partial charge in [0.05, 0.1) is 12.2 Å². The highest BCUT2D eigenvalue weighted by Gasteiger charge is 2.10. The van der Waals surface area contributed by atoms with E-state index >= 15 is 0 Å². The highest BCUT2D eigenvalue weighted by atomic mass is 19.2. The first-order valence-electron chi connectivity index (χ1n) is 6.55. The van der Waals surface area contributed by atoms with E-state index in [1.165, 1.54) is 6.07 Å². The van der Waals surface area contributed by atoms with Crippen LogP contribution in [0.25, 0.3) is 0 Å². The van der Waals surface area contributed by atoms with Gasteiger partial charge in [-0.3, -0.25) is 4.68 Å². The molecule has 0 spiro atoms. The molecule has 0 fully saturated rings. The molecule has 20 heavy (non-hydrogen) atoms. The summed E-state index contributed by atoms with van der Waals surface area (Å²) < 4.78 is 27.7. The third-order valence-corrected chi connectivity index (χ3v) is 2.82. The van der Waals surface area contributed by atoms with E-state index in [-0.39, 0.29) is 5.54 Å². The van der Waals surface area contributed by atoms with Crippen molar-refractivity contribution in [2.24, 2.45) is 0 Å². The third-order valence-electron chi connectivity index (χ3n) is 2.82. The zero-order valence-electron chi connectivity index (χ0n) is 12.0. The van der Waals surface area contributed by atoms with Crippen molar-refractivity contribution in [1.82, 2.24) is 15.1 Å². The Morgan fingerprint density at radius 1 is 1.15 bits per heavy atom. The number of halogens is 2. The van der Waals surface area contributed by atoms with Gasteiger partial charge in [0.2, 0.25) is 0 Å². The van der Waals surface area contributed by atoms with Crippen LogP contribution in [0.3, 0.4) is 0 Å². The minimum atomic E-state index is -0.829. The summed E-state index contributed by atoms with van der Waals surface area (Å²) in [5, 5.41) is 7.75. The van der Waals surface area contributed by atoms with E-state index in [1.54, 1.807) is 10.7 Å². The van der Waals surface area contributed by atoms with Gasteiger partial charge >= 0.3 is 0 Å². The van der Waals surface area contributed by atoms with Crippen molar-refractivity contribution in [3.63, 3.8) is 0 Å². The maximum absolute atomic E-state index is 13.1. The van der Waals surface area contributed by atoms with Gasteiger partial charge in [-0.05, 0) is 44.5 Å². The van der Waals surface area contributed by atoms with Gasteiger partial charge in [0.25, 0.3) is 0 Å². The van der Waals surface area contributed by atoms with E-state index in [4.69, 9.17) is 0 Å². The van der Waals surface area contributed by atoms with Gasteiger partial charge in [-0.25, -0.2) is 8.78 Å². The van der Waals surface area contributed by atoms with Gasteiger partial charge in [0, 0.05) is 18.3 Å². The SMILES string of the molecule is CC(C)(C)NCc1ccn(Cc2ccc(F)c(F)c2)n1. The molecule has 0 saturated carbocycles. The summed E-state index contributed by atoms with van der Waals surface area (Å²) in [4.78, 5) is 0. The fourth-order valence-corrected chi connectivity index (χ4v) is 1.77. The summed E-state index contributed by atoms with van der Waals surface area (Å²) in [6.45, 7) is 7.36. The Bertz CT molecular complexity index is 585. The Morgan fingerprint density at radius 2 is 1.90 bits per heavy atom. The molecule has 0 unspecified atom stereocenters. The van der Waals surface area contributed by atoms with Crippen molar-refractivity contribution in [3.05, 3.63) is 53.4 Å². The molecule has 1 heterocycles. The second-order valence-electron chi connectivity index (χ2n) is 5.86. The van der Waals surface area contributed by atoms with Crippen LogP contribution in [0.5, 0.6) is 0 Å². The fourth-order valence-electron chi connectivity index (χ4n) is 1.77. The first-order chi connectivity index (χ1) is 9.33.